The Kier molecular flexibility index (Phi) is 6.00. The number of carbonyl (C=O) groups excluding carboxylic acids is 2. The summed E-state index contributed by atoms with van der Waals surface area (Å²) >= 11 is 0. The number of aromatic nitrogens is 1. The van der Waals surface area contributed by atoms with Gasteiger partial charge in [-0.25, -0.2) is 0 Å². The first-order valence-electron chi connectivity index (χ1n) is 11.7. The Morgan fingerprint density at radius 1 is 1.23 bits per heavy atom. The summed E-state index contributed by atoms with van der Waals surface area (Å²) < 4.78 is 7.56. The number of carbonyl (C=O) groups is 2. The molecule has 6 nitrogen and oxygen atoms in total. The number of furan rings is 1. The molecule has 1 N–H and O–H groups in total. The number of hydrogen-bond acceptors (Lipinski definition) is 3. The van der Waals surface area contributed by atoms with Crippen molar-refractivity contribution < 1.29 is 14.0 Å². The molecule has 2 aromatic heterocycles. The van der Waals surface area contributed by atoms with Crippen LogP contribution < -0.4 is 5.32 Å². The molecule has 31 heavy (non-hydrogen) atoms. The number of rotatable bonds is 6. The van der Waals surface area contributed by atoms with Gasteiger partial charge in [-0.3, -0.25) is 9.59 Å². The van der Waals surface area contributed by atoms with Crippen molar-refractivity contribution in [3.05, 3.63) is 36.2 Å². The zero-order valence-electron chi connectivity index (χ0n) is 19.2. The number of nitrogens with one attached hydrogen (secondary N) is 1. The summed E-state index contributed by atoms with van der Waals surface area (Å²) in [5, 5.41) is 3.34. The molecule has 6 heteroatoms. The molecule has 4 atom stereocenters. The average molecular weight is 426 g/mol. The van der Waals surface area contributed by atoms with Gasteiger partial charge in [0, 0.05) is 12.6 Å². The molecule has 1 saturated carbocycles. The van der Waals surface area contributed by atoms with E-state index < -0.39 is 5.54 Å². The highest BCUT2D eigenvalue weighted by Gasteiger charge is 2.48. The van der Waals surface area contributed by atoms with E-state index in [1.807, 2.05) is 35.8 Å². The van der Waals surface area contributed by atoms with Gasteiger partial charge in [-0.1, -0.05) is 40.0 Å². The summed E-state index contributed by atoms with van der Waals surface area (Å²) in [6.07, 6.45) is 6.82. The number of nitrogens with zero attached hydrogens (tertiary/aromatic N) is 2. The predicted molar refractivity (Wildman–Crippen MR) is 121 cm³/mol. The van der Waals surface area contributed by atoms with Crippen molar-refractivity contribution in [2.24, 2.45) is 11.8 Å². The van der Waals surface area contributed by atoms with Crippen molar-refractivity contribution in [3.63, 3.8) is 0 Å². The van der Waals surface area contributed by atoms with Crippen LogP contribution >= 0.6 is 0 Å². The summed E-state index contributed by atoms with van der Waals surface area (Å²) in [5.74, 6) is 1.61. The second-order valence-electron chi connectivity index (χ2n) is 9.60. The van der Waals surface area contributed by atoms with E-state index in [1.165, 1.54) is 6.42 Å². The van der Waals surface area contributed by atoms with Crippen LogP contribution in [0.25, 0.3) is 11.5 Å². The Bertz CT molecular complexity index is 932. The predicted octanol–water partition coefficient (Wildman–Crippen LogP) is 4.70. The van der Waals surface area contributed by atoms with Crippen molar-refractivity contribution in [1.82, 2.24) is 14.8 Å². The second kappa shape index (κ2) is 8.56. The van der Waals surface area contributed by atoms with Crippen LogP contribution in [0.5, 0.6) is 0 Å². The largest absolute Gasteiger partial charge is 0.463 e. The highest BCUT2D eigenvalue weighted by molar-refractivity contribution is 6.00. The van der Waals surface area contributed by atoms with E-state index in [0.29, 0.717) is 36.4 Å². The van der Waals surface area contributed by atoms with Gasteiger partial charge >= 0.3 is 0 Å². The summed E-state index contributed by atoms with van der Waals surface area (Å²) in [7, 11) is 0. The lowest BCUT2D eigenvalue weighted by Gasteiger charge is -2.46. The van der Waals surface area contributed by atoms with Gasteiger partial charge in [0.2, 0.25) is 5.91 Å². The van der Waals surface area contributed by atoms with Crippen molar-refractivity contribution in [2.45, 2.75) is 77.9 Å². The fraction of sp³-hybridized carbons (Fsp3) is 0.600. The normalized spacial score (nSPS) is 28.5. The molecule has 0 bridgehead atoms. The molecule has 2 amide bonds. The Morgan fingerprint density at radius 3 is 2.71 bits per heavy atom. The maximum Gasteiger partial charge on any atom is 0.271 e. The Balaban J connectivity index is 1.67. The SMILES string of the molecule is CCCCN1C(=O)c2ccc(-c3ccco3)n2C[C@]1(C)C(=O)N[C@@H]1CCC[C@@H](C)[C@@H]1C. The first-order valence-corrected chi connectivity index (χ1v) is 11.7. The van der Waals surface area contributed by atoms with Crippen LogP contribution in [0.1, 0.15) is 70.3 Å². The molecule has 2 aromatic rings. The van der Waals surface area contributed by atoms with Crippen molar-refractivity contribution in [2.75, 3.05) is 6.54 Å². The molecule has 3 heterocycles. The molecule has 1 fully saturated rings. The summed E-state index contributed by atoms with van der Waals surface area (Å²) in [4.78, 5) is 29.1. The first-order chi connectivity index (χ1) is 14.9. The lowest BCUT2D eigenvalue weighted by atomic mass is 9.77. The quantitative estimate of drug-likeness (QED) is 0.729. The third-order valence-electron chi connectivity index (χ3n) is 7.53. The molecule has 0 aromatic carbocycles. The van der Waals surface area contributed by atoms with Crippen LogP contribution in [0.15, 0.2) is 34.9 Å². The zero-order valence-corrected chi connectivity index (χ0v) is 19.2. The molecule has 0 saturated heterocycles. The smallest absolute Gasteiger partial charge is 0.271 e. The van der Waals surface area contributed by atoms with Crippen molar-refractivity contribution in [1.29, 1.82) is 0 Å². The topological polar surface area (TPSA) is 67.5 Å². The maximum absolute atomic E-state index is 13.7. The van der Waals surface area contributed by atoms with Crippen LogP contribution in [-0.2, 0) is 11.3 Å². The van der Waals surface area contributed by atoms with E-state index in [9.17, 15) is 9.59 Å². The van der Waals surface area contributed by atoms with Crippen molar-refractivity contribution >= 4 is 11.8 Å². The van der Waals surface area contributed by atoms with Gasteiger partial charge in [-0.05, 0) is 55.9 Å². The maximum atomic E-state index is 13.7. The van der Waals surface area contributed by atoms with Gasteiger partial charge in [-0.2, -0.15) is 0 Å². The van der Waals surface area contributed by atoms with Crippen LogP contribution in [0.3, 0.4) is 0 Å². The van der Waals surface area contributed by atoms with Crippen LogP contribution in [-0.4, -0.2) is 39.4 Å². The third-order valence-corrected chi connectivity index (χ3v) is 7.53. The van der Waals surface area contributed by atoms with Crippen molar-refractivity contribution in [3.8, 4) is 11.5 Å². The lowest BCUT2D eigenvalue weighted by Crippen LogP contribution is -2.65. The highest BCUT2D eigenvalue weighted by atomic mass is 16.3. The molecule has 1 aliphatic carbocycles. The zero-order chi connectivity index (χ0) is 22.2. The van der Waals surface area contributed by atoms with Gasteiger partial charge in [0.25, 0.3) is 5.91 Å². The number of hydrogen-bond donors (Lipinski definition) is 1. The van der Waals surface area contributed by atoms with Crippen LogP contribution in [0.4, 0.5) is 0 Å². The minimum atomic E-state index is -0.944. The fourth-order valence-electron chi connectivity index (χ4n) is 5.19. The minimum absolute atomic E-state index is 0.0485. The van der Waals surface area contributed by atoms with E-state index in [0.717, 1.165) is 31.4 Å². The Hall–Kier alpha value is -2.50. The van der Waals surface area contributed by atoms with Gasteiger partial charge in [-0.15, -0.1) is 0 Å². The molecule has 168 valence electrons. The van der Waals surface area contributed by atoms with E-state index >= 15 is 0 Å². The summed E-state index contributed by atoms with van der Waals surface area (Å²) in [5.41, 5.74) is 0.509. The summed E-state index contributed by atoms with van der Waals surface area (Å²) in [6.45, 7) is 9.53. The summed E-state index contributed by atoms with van der Waals surface area (Å²) in [6, 6.07) is 7.65. The van der Waals surface area contributed by atoms with Gasteiger partial charge in [0.15, 0.2) is 0 Å². The highest BCUT2D eigenvalue weighted by Crippen LogP contribution is 2.35. The molecule has 1 aliphatic heterocycles. The second-order valence-corrected chi connectivity index (χ2v) is 9.60. The van der Waals surface area contributed by atoms with Crippen LogP contribution in [0, 0.1) is 11.8 Å². The fourth-order valence-corrected chi connectivity index (χ4v) is 5.19. The Morgan fingerprint density at radius 2 is 2.00 bits per heavy atom. The molecular formula is C25H35N3O3. The number of fused-ring (bicyclic) bond motifs is 1. The van der Waals surface area contributed by atoms with Gasteiger partial charge < -0.3 is 19.2 Å². The first kappa shape index (κ1) is 21.7. The molecule has 0 unspecified atom stereocenters. The van der Waals surface area contributed by atoms with E-state index in [1.54, 1.807) is 11.2 Å². The Labute approximate surface area is 185 Å². The number of unbranched alkanes of at least 4 members (excludes halogenated alkanes) is 1. The third kappa shape index (κ3) is 3.81. The monoisotopic (exact) mass is 425 g/mol. The standard InChI is InChI=1S/C25H35N3O3/c1-5-6-14-28-23(29)21-13-12-20(22-11-8-15-31-22)27(21)16-25(28,4)24(30)26-19-10-7-9-17(2)18(19)3/h8,11-13,15,17-19H,5-7,9-10,14,16H2,1-4H3,(H,26,30)/t17-,18+,19-,25-/m1/s1. The van der Waals surface area contributed by atoms with Gasteiger partial charge in [0.1, 0.15) is 17.0 Å². The van der Waals surface area contributed by atoms with E-state index in [-0.39, 0.29) is 17.9 Å². The molecule has 0 spiro atoms. The molecule has 4 rings (SSSR count). The van der Waals surface area contributed by atoms with Crippen LogP contribution in [0.2, 0.25) is 0 Å². The van der Waals surface area contributed by atoms with E-state index in [2.05, 4.69) is 26.1 Å². The number of amides is 2. The molecular weight excluding hydrogens is 390 g/mol. The average Bonchev–Trinajstić information content (AvgIpc) is 3.41. The molecule has 2 aliphatic rings. The molecule has 0 radical (unpaired) electrons. The lowest BCUT2D eigenvalue weighted by molar-refractivity contribution is -0.134. The minimum Gasteiger partial charge on any atom is -0.463 e. The van der Waals surface area contributed by atoms with E-state index in [4.69, 9.17) is 4.42 Å². The van der Waals surface area contributed by atoms with Gasteiger partial charge in [0.05, 0.1) is 18.5 Å².